The Morgan fingerprint density at radius 1 is 1.14 bits per heavy atom. The Labute approximate surface area is 136 Å². The van der Waals surface area contributed by atoms with Gasteiger partial charge in [-0.15, -0.1) is 0 Å². The lowest BCUT2D eigenvalue weighted by Gasteiger charge is -2.38. The lowest BCUT2D eigenvalue weighted by atomic mass is 9.74. The zero-order chi connectivity index (χ0) is 15.4. The molecule has 1 fully saturated rings. The van der Waals surface area contributed by atoms with E-state index in [1.807, 2.05) is 37.3 Å². The largest absolute Gasteiger partial charge is 0.381 e. The molecule has 3 nitrogen and oxygen atoms in total. The zero-order valence-electron chi connectivity index (χ0n) is 12.8. The molecule has 0 spiro atoms. The average Bonchev–Trinajstić information content (AvgIpc) is 2.54. The fraction of sp³-hybridized carbons (Fsp3) is 0.389. The van der Waals surface area contributed by atoms with Crippen LogP contribution >= 0.6 is 11.6 Å². The second kappa shape index (κ2) is 6.67. The zero-order valence-corrected chi connectivity index (χ0v) is 13.6. The van der Waals surface area contributed by atoms with Crippen molar-refractivity contribution in [3.63, 3.8) is 0 Å². The molecule has 1 aromatic carbocycles. The summed E-state index contributed by atoms with van der Waals surface area (Å²) < 4.78 is 5.57. The van der Waals surface area contributed by atoms with Gasteiger partial charge in [-0.05, 0) is 43.5 Å². The molecule has 0 atom stereocenters. The van der Waals surface area contributed by atoms with Crippen LogP contribution < -0.4 is 5.32 Å². The average molecular weight is 317 g/mol. The Morgan fingerprint density at radius 2 is 1.91 bits per heavy atom. The van der Waals surface area contributed by atoms with E-state index in [4.69, 9.17) is 16.3 Å². The summed E-state index contributed by atoms with van der Waals surface area (Å²) in [5.74, 6) is 0.915. The fourth-order valence-electron chi connectivity index (χ4n) is 3.10. The van der Waals surface area contributed by atoms with E-state index in [1.54, 1.807) is 0 Å². The third-order valence-electron chi connectivity index (χ3n) is 4.39. The van der Waals surface area contributed by atoms with Gasteiger partial charge in [0.1, 0.15) is 5.82 Å². The van der Waals surface area contributed by atoms with E-state index in [0.717, 1.165) is 49.1 Å². The molecule has 0 saturated carbocycles. The normalized spacial score (nSPS) is 17.2. The SMILES string of the molecule is Cc1cccc(NCC2(c3ccccc3Cl)CCOCC2)n1. The van der Waals surface area contributed by atoms with Gasteiger partial charge in [0.05, 0.1) is 0 Å². The van der Waals surface area contributed by atoms with Crippen molar-refractivity contribution in [2.45, 2.75) is 25.2 Å². The van der Waals surface area contributed by atoms with Gasteiger partial charge in [0, 0.05) is 35.9 Å². The topological polar surface area (TPSA) is 34.1 Å². The van der Waals surface area contributed by atoms with Crippen LogP contribution in [0.3, 0.4) is 0 Å². The molecule has 1 aliphatic heterocycles. The quantitative estimate of drug-likeness (QED) is 0.917. The summed E-state index contributed by atoms with van der Waals surface area (Å²) in [5.41, 5.74) is 2.23. The molecule has 4 heteroatoms. The molecule has 2 aromatic rings. The van der Waals surface area contributed by atoms with E-state index < -0.39 is 0 Å². The van der Waals surface area contributed by atoms with E-state index in [2.05, 4.69) is 22.4 Å². The highest BCUT2D eigenvalue weighted by molar-refractivity contribution is 6.31. The lowest BCUT2D eigenvalue weighted by molar-refractivity contribution is 0.0544. The van der Waals surface area contributed by atoms with Gasteiger partial charge in [-0.2, -0.15) is 0 Å². The molecule has 1 aliphatic rings. The minimum atomic E-state index is 0.00200. The maximum absolute atomic E-state index is 6.47. The molecule has 1 saturated heterocycles. The number of ether oxygens (including phenoxy) is 1. The number of nitrogens with zero attached hydrogens (tertiary/aromatic N) is 1. The van der Waals surface area contributed by atoms with E-state index >= 15 is 0 Å². The van der Waals surface area contributed by atoms with Crippen molar-refractivity contribution in [3.8, 4) is 0 Å². The van der Waals surface area contributed by atoms with Crippen LogP contribution in [0.2, 0.25) is 5.02 Å². The third-order valence-corrected chi connectivity index (χ3v) is 4.72. The van der Waals surface area contributed by atoms with Crippen molar-refractivity contribution in [3.05, 3.63) is 58.7 Å². The number of pyridine rings is 1. The van der Waals surface area contributed by atoms with E-state index in [-0.39, 0.29) is 5.41 Å². The van der Waals surface area contributed by atoms with Crippen LogP contribution in [0, 0.1) is 6.92 Å². The Bertz CT molecular complexity index is 638. The molecule has 0 unspecified atom stereocenters. The van der Waals surface area contributed by atoms with Gasteiger partial charge in [-0.1, -0.05) is 35.9 Å². The van der Waals surface area contributed by atoms with Gasteiger partial charge in [0.25, 0.3) is 0 Å². The van der Waals surface area contributed by atoms with E-state index in [0.29, 0.717) is 0 Å². The number of nitrogens with one attached hydrogen (secondary N) is 1. The second-order valence-corrected chi connectivity index (χ2v) is 6.30. The number of rotatable bonds is 4. The number of hydrogen-bond acceptors (Lipinski definition) is 3. The molecule has 1 aromatic heterocycles. The van der Waals surface area contributed by atoms with Crippen LogP contribution in [0.1, 0.15) is 24.1 Å². The van der Waals surface area contributed by atoms with Crippen molar-refractivity contribution < 1.29 is 4.74 Å². The van der Waals surface area contributed by atoms with Crippen LogP contribution in [-0.4, -0.2) is 24.7 Å². The second-order valence-electron chi connectivity index (χ2n) is 5.89. The maximum Gasteiger partial charge on any atom is 0.126 e. The maximum atomic E-state index is 6.47. The molecule has 0 amide bonds. The molecule has 0 radical (unpaired) electrons. The predicted molar refractivity (Wildman–Crippen MR) is 90.6 cm³/mol. The van der Waals surface area contributed by atoms with Crippen LogP contribution in [0.25, 0.3) is 0 Å². The van der Waals surface area contributed by atoms with E-state index in [9.17, 15) is 0 Å². The molecule has 1 N–H and O–H groups in total. The van der Waals surface area contributed by atoms with Crippen molar-refractivity contribution >= 4 is 17.4 Å². The molecular weight excluding hydrogens is 296 g/mol. The molecular formula is C18H21ClN2O. The standard InChI is InChI=1S/C18H21ClN2O/c1-14-5-4-8-17(21-14)20-13-18(9-11-22-12-10-18)15-6-2-3-7-16(15)19/h2-8H,9-13H2,1H3,(H,20,21). The number of halogens is 1. The van der Waals surface area contributed by atoms with Gasteiger partial charge in [-0.3, -0.25) is 0 Å². The first-order chi connectivity index (χ1) is 10.7. The summed E-state index contributed by atoms with van der Waals surface area (Å²) in [7, 11) is 0. The van der Waals surface area contributed by atoms with E-state index in [1.165, 1.54) is 5.56 Å². The summed E-state index contributed by atoms with van der Waals surface area (Å²) in [6, 6.07) is 14.2. The van der Waals surface area contributed by atoms with Crippen LogP contribution in [0.4, 0.5) is 5.82 Å². The number of aryl methyl sites for hydroxylation is 1. The van der Waals surface area contributed by atoms with Crippen LogP contribution in [-0.2, 0) is 10.2 Å². The lowest BCUT2D eigenvalue weighted by Crippen LogP contribution is -2.40. The highest BCUT2D eigenvalue weighted by Gasteiger charge is 2.35. The predicted octanol–water partition coefficient (Wildman–Crippen LogP) is 4.20. The Balaban J connectivity index is 1.85. The number of aromatic nitrogens is 1. The smallest absolute Gasteiger partial charge is 0.126 e. The molecule has 116 valence electrons. The molecule has 22 heavy (non-hydrogen) atoms. The summed E-state index contributed by atoms with van der Waals surface area (Å²) in [6.45, 7) is 4.36. The van der Waals surface area contributed by atoms with Crippen molar-refractivity contribution in [1.82, 2.24) is 4.98 Å². The number of hydrogen-bond donors (Lipinski definition) is 1. The van der Waals surface area contributed by atoms with Crippen LogP contribution in [0.5, 0.6) is 0 Å². The number of anilines is 1. The van der Waals surface area contributed by atoms with Crippen LogP contribution in [0.15, 0.2) is 42.5 Å². The first kappa shape index (κ1) is 15.3. The minimum absolute atomic E-state index is 0.00200. The van der Waals surface area contributed by atoms with Crippen molar-refractivity contribution in [1.29, 1.82) is 0 Å². The Kier molecular flexibility index (Phi) is 4.65. The van der Waals surface area contributed by atoms with Gasteiger partial charge in [-0.25, -0.2) is 4.98 Å². The summed E-state index contributed by atoms with van der Waals surface area (Å²) in [4.78, 5) is 4.53. The Morgan fingerprint density at radius 3 is 2.64 bits per heavy atom. The van der Waals surface area contributed by atoms with Gasteiger partial charge in [0.15, 0.2) is 0 Å². The molecule has 3 rings (SSSR count). The summed E-state index contributed by atoms with van der Waals surface area (Å²) in [6.07, 6.45) is 1.94. The minimum Gasteiger partial charge on any atom is -0.381 e. The molecule has 0 bridgehead atoms. The highest BCUT2D eigenvalue weighted by atomic mass is 35.5. The van der Waals surface area contributed by atoms with Gasteiger partial charge < -0.3 is 10.1 Å². The molecule has 2 heterocycles. The Hall–Kier alpha value is -1.58. The monoisotopic (exact) mass is 316 g/mol. The summed E-state index contributed by atoms with van der Waals surface area (Å²) in [5, 5.41) is 4.33. The first-order valence-electron chi connectivity index (χ1n) is 7.70. The van der Waals surface area contributed by atoms with Crippen molar-refractivity contribution in [2.75, 3.05) is 25.1 Å². The fourth-order valence-corrected chi connectivity index (χ4v) is 3.43. The van der Waals surface area contributed by atoms with Gasteiger partial charge in [0.2, 0.25) is 0 Å². The van der Waals surface area contributed by atoms with Gasteiger partial charge >= 0.3 is 0 Å². The summed E-state index contributed by atoms with van der Waals surface area (Å²) >= 11 is 6.47. The van der Waals surface area contributed by atoms with Crippen molar-refractivity contribution in [2.24, 2.45) is 0 Å². The first-order valence-corrected chi connectivity index (χ1v) is 8.08. The third kappa shape index (κ3) is 3.26. The highest BCUT2D eigenvalue weighted by Crippen LogP contribution is 2.38. The molecule has 0 aliphatic carbocycles. The number of benzene rings is 1.